The van der Waals surface area contributed by atoms with Crippen LogP contribution in [0.4, 0.5) is 11.4 Å². The second-order valence-corrected chi connectivity index (χ2v) is 5.10. The molecule has 2 aromatic carbocycles. The van der Waals surface area contributed by atoms with Crippen molar-refractivity contribution in [2.45, 2.75) is 0 Å². The van der Waals surface area contributed by atoms with Crippen LogP contribution in [0.3, 0.4) is 0 Å². The van der Waals surface area contributed by atoms with E-state index in [0.717, 1.165) is 16.9 Å². The van der Waals surface area contributed by atoms with Crippen molar-refractivity contribution in [2.75, 3.05) is 19.5 Å². The molecule has 0 unspecified atom stereocenters. The van der Waals surface area contributed by atoms with Crippen LogP contribution >= 0.6 is 23.8 Å². The zero-order valence-electron chi connectivity index (χ0n) is 11.6. The molecule has 0 aliphatic carbocycles. The average molecular weight is 323 g/mol. The largest absolute Gasteiger partial charge is 0.497 e. The molecule has 2 aromatic rings. The van der Waals surface area contributed by atoms with Crippen molar-refractivity contribution in [1.82, 2.24) is 0 Å². The van der Waals surface area contributed by atoms with Gasteiger partial charge in [-0.3, -0.25) is 0 Å². The number of ether oxygens (including phenoxy) is 2. The van der Waals surface area contributed by atoms with Gasteiger partial charge in [-0.2, -0.15) is 0 Å². The summed E-state index contributed by atoms with van der Waals surface area (Å²) in [7, 11) is 3.21. The summed E-state index contributed by atoms with van der Waals surface area (Å²) >= 11 is 11.2. The summed E-state index contributed by atoms with van der Waals surface area (Å²) in [4.78, 5) is 0.308. The van der Waals surface area contributed by atoms with E-state index in [0.29, 0.717) is 21.5 Å². The lowest BCUT2D eigenvalue weighted by Crippen LogP contribution is -2.09. The van der Waals surface area contributed by atoms with E-state index in [1.165, 1.54) is 0 Å². The first-order valence-electron chi connectivity index (χ1n) is 6.13. The SMILES string of the molecule is COc1ccc(OC)c(Nc2ccc(C(N)=S)cc2Cl)c1. The van der Waals surface area contributed by atoms with Gasteiger partial charge in [-0.1, -0.05) is 23.8 Å². The van der Waals surface area contributed by atoms with Gasteiger partial charge < -0.3 is 20.5 Å². The summed E-state index contributed by atoms with van der Waals surface area (Å²) in [6, 6.07) is 10.8. The average Bonchev–Trinajstić information content (AvgIpc) is 2.49. The molecule has 0 radical (unpaired) electrons. The van der Waals surface area contributed by atoms with Crippen molar-refractivity contribution in [1.29, 1.82) is 0 Å². The molecule has 21 heavy (non-hydrogen) atoms. The number of rotatable bonds is 5. The Morgan fingerprint density at radius 3 is 2.43 bits per heavy atom. The molecule has 0 bridgehead atoms. The highest BCUT2D eigenvalue weighted by Gasteiger charge is 2.09. The third kappa shape index (κ3) is 3.56. The van der Waals surface area contributed by atoms with E-state index in [2.05, 4.69) is 5.32 Å². The second-order valence-electron chi connectivity index (χ2n) is 4.25. The van der Waals surface area contributed by atoms with Crippen LogP contribution in [-0.4, -0.2) is 19.2 Å². The van der Waals surface area contributed by atoms with Gasteiger partial charge in [-0.25, -0.2) is 0 Å². The Hall–Kier alpha value is -1.98. The zero-order chi connectivity index (χ0) is 15.4. The van der Waals surface area contributed by atoms with Gasteiger partial charge in [-0.05, 0) is 30.3 Å². The van der Waals surface area contributed by atoms with E-state index in [9.17, 15) is 0 Å². The number of hydrogen-bond acceptors (Lipinski definition) is 4. The van der Waals surface area contributed by atoms with Crippen LogP contribution in [0.2, 0.25) is 5.02 Å². The topological polar surface area (TPSA) is 56.5 Å². The highest BCUT2D eigenvalue weighted by atomic mass is 35.5. The van der Waals surface area contributed by atoms with E-state index < -0.39 is 0 Å². The molecule has 0 atom stereocenters. The summed E-state index contributed by atoms with van der Waals surface area (Å²) in [6.07, 6.45) is 0. The molecule has 0 saturated carbocycles. The number of nitrogens with one attached hydrogen (secondary N) is 1. The van der Waals surface area contributed by atoms with Crippen LogP contribution in [-0.2, 0) is 0 Å². The Balaban J connectivity index is 2.35. The fourth-order valence-corrected chi connectivity index (χ4v) is 2.18. The molecule has 0 aromatic heterocycles. The number of benzene rings is 2. The van der Waals surface area contributed by atoms with Crippen molar-refractivity contribution in [2.24, 2.45) is 5.73 Å². The molecule has 0 aliphatic heterocycles. The minimum absolute atomic E-state index is 0.308. The second kappa shape index (κ2) is 6.65. The Morgan fingerprint density at radius 1 is 1.10 bits per heavy atom. The van der Waals surface area contributed by atoms with E-state index in [1.54, 1.807) is 20.3 Å². The molecular formula is C15H15ClN2O2S. The molecular weight excluding hydrogens is 308 g/mol. The van der Waals surface area contributed by atoms with E-state index in [-0.39, 0.29) is 0 Å². The minimum Gasteiger partial charge on any atom is -0.497 e. The smallest absolute Gasteiger partial charge is 0.142 e. The molecule has 4 nitrogen and oxygen atoms in total. The van der Waals surface area contributed by atoms with Crippen LogP contribution in [0.1, 0.15) is 5.56 Å². The normalized spacial score (nSPS) is 10.0. The monoisotopic (exact) mass is 322 g/mol. The van der Waals surface area contributed by atoms with Gasteiger partial charge in [0.05, 0.1) is 30.6 Å². The quantitative estimate of drug-likeness (QED) is 0.821. The van der Waals surface area contributed by atoms with Crippen molar-refractivity contribution in [3.05, 3.63) is 47.0 Å². The maximum atomic E-state index is 6.24. The van der Waals surface area contributed by atoms with Gasteiger partial charge >= 0.3 is 0 Å². The van der Waals surface area contributed by atoms with Crippen molar-refractivity contribution in [3.8, 4) is 11.5 Å². The van der Waals surface area contributed by atoms with Crippen LogP contribution in [0, 0.1) is 0 Å². The minimum atomic E-state index is 0.308. The highest BCUT2D eigenvalue weighted by molar-refractivity contribution is 7.80. The molecule has 0 spiro atoms. The fraction of sp³-hybridized carbons (Fsp3) is 0.133. The first-order chi connectivity index (χ1) is 10.0. The Morgan fingerprint density at radius 2 is 1.86 bits per heavy atom. The van der Waals surface area contributed by atoms with Crippen LogP contribution in [0.25, 0.3) is 0 Å². The fourth-order valence-electron chi connectivity index (χ4n) is 1.83. The van der Waals surface area contributed by atoms with Gasteiger partial charge in [-0.15, -0.1) is 0 Å². The summed E-state index contributed by atoms with van der Waals surface area (Å²) in [5.41, 5.74) is 7.78. The standard InChI is InChI=1S/C15H15ClN2O2S/c1-19-10-4-6-14(20-2)13(8-10)18-12-5-3-9(15(17)21)7-11(12)16/h3-8,18H,1-2H3,(H2,17,21). The molecule has 0 fully saturated rings. The summed E-state index contributed by atoms with van der Waals surface area (Å²) in [5, 5.41) is 3.73. The van der Waals surface area contributed by atoms with Gasteiger partial charge in [0.2, 0.25) is 0 Å². The first kappa shape index (κ1) is 15.4. The van der Waals surface area contributed by atoms with Gasteiger partial charge in [0.15, 0.2) is 0 Å². The molecule has 3 N–H and O–H groups in total. The van der Waals surface area contributed by atoms with Crippen molar-refractivity contribution < 1.29 is 9.47 Å². The number of methoxy groups -OCH3 is 2. The van der Waals surface area contributed by atoms with Gasteiger partial charge in [0.25, 0.3) is 0 Å². The zero-order valence-corrected chi connectivity index (χ0v) is 13.2. The predicted molar refractivity (Wildman–Crippen MR) is 90.2 cm³/mol. The molecule has 6 heteroatoms. The van der Waals surface area contributed by atoms with Crippen LogP contribution < -0.4 is 20.5 Å². The molecule has 110 valence electrons. The van der Waals surface area contributed by atoms with Gasteiger partial charge in [0, 0.05) is 11.6 Å². The Labute approximate surface area is 133 Å². The third-order valence-electron chi connectivity index (χ3n) is 2.93. The summed E-state index contributed by atoms with van der Waals surface area (Å²) < 4.78 is 10.5. The maximum absolute atomic E-state index is 6.24. The number of thiocarbonyl (C=S) groups is 1. The first-order valence-corrected chi connectivity index (χ1v) is 6.92. The molecule has 0 amide bonds. The lowest BCUT2D eigenvalue weighted by Gasteiger charge is -2.14. The van der Waals surface area contributed by atoms with E-state index >= 15 is 0 Å². The van der Waals surface area contributed by atoms with Crippen LogP contribution in [0.15, 0.2) is 36.4 Å². The van der Waals surface area contributed by atoms with Crippen molar-refractivity contribution >= 4 is 40.2 Å². The molecule has 0 saturated heterocycles. The lowest BCUT2D eigenvalue weighted by atomic mass is 10.2. The third-order valence-corrected chi connectivity index (χ3v) is 3.48. The summed E-state index contributed by atoms with van der Waals surface area (Å²) in [6.45, 7) is 0. The summed E-state index contributed by atoms with van der Waals surface area (Å²) in [5.74, 6) is 1.40. The number of hydrogen-bond donors (Lipinski definition) is 2. The van der Waals surface area contributed by atoms with Crippen LogP contribution in [0.5, 0.6) is 11.5 Å². The Kier molecular flexibility index (Phi) is 4.88. The molecule has 0 aliphatic rings. The maximum Gasteiger partial charge on any atom is 0.142 e. The van der Waals surface area contributed by atoms with Gasteiger partial charge in [0.1, 0.15) is 16.5 Å². The van der Waals surface area contributed by atoms with Crippen molar-refractivity contribution in [3.63, 3.8) is 0 Å². The highest BCUT2D eigenvalue weighted by Crippen LogP contribution is 2.34. The molecule has 2 rings (SSSR count). The van der Waals surface area contributed by atoms with E-state index in [1.807, 2.05) is 30.3 Å². The predicted octanol–water partition coefficient (Wildman–Crippen LogP) is 3.74. The number of anilines is 2. The Bertz CT molecular complexity index is 677. The number of halogens is 1. The lowest BCUT2D eigenvalue weighted by molar-refractivity contribution is 0.405. The number of nitrogens with two attached hydrogens (primary N) is 1. The van der Waals surface area contributed by atoms with E-state index in [4.69, 9.17) is 39.0 Å². The molecule has 0 heterocycles.